The molecule has 3 heterocycles. The first-order valence-electron chi connectivity index (χ1n) is 17.0. The molecule has 1 saturated carbocycles. The number of hydrogen-bond donors (Lipinski definition) is 0. The third-order valence-electron chi connectivity index (χ3n) is 10.0. The zero-order valence-electron chi connectivity index (χ0n) is 29.2. The molecule has 0 radical (unpaired) electrons. The first kappa shape index (κ1) is 36.1. The summed E-state index contributed by atoms with van der Waals surface area (Å²) in [5.41, 5.74) is -0.571. The molecule has 52 heavy (non-hydrogen) atoms. The van der Waals surface area contributed by atoms with Gasteiger partial charge in [0.15, 0.2) is 11.0 Å². The maximum atomic E-state index is 17.1. The van der Waals surface area contributed by atoms with Gasteiger partial charge in [-0.3, -0.25) is 0 Å². The lowest BCUT2D eigenvalue weighted by Crippen LogP contribution is -2.37. The van der Waals surface area contributed by atoms with Crippen LogP contribution in [0.15, 0.2) is 65.8 Å². The largest absolute Gasteiger partial charge is 0.497 e. The fourth-order valence-corrected chi connectivity index (χ4v) is 8.21. The van der Waals surface area contributed by atoms with Gasteiger partial charge in [-0.2, -0.15) is 13.2 Å². The summed E-state index contributed by atoms with van der Waals surface area (Å²) in [6.45, 7) is 3.48. The number of hydrogen-bond acceptors (Lipinski definition) is 8. The molecule has 7 nitrogen and oxygen atoms in total. The number of aromatic nitrogens is 3. The molecule has 2 bridgehead atoms. The number of benzene rings is 3. The van der Waals surface area contributed by atoms with Crippen LogP contribution in [0.5, 0.6) is 11.5 Å². The van der Waals surface area contributed by atoms with Crippen LogP contribution in [0.1, 0.15) is 41.5 Å². The van der Waals surface area contributed by atoms with Crippen LogP contribution in [0.2, 0.25) is 5.02 Å². The standard InChI is InChI=1S/C39H38ClF4N5O2S/c1-22-15-31(48(18-23-7-11-27(50-2)12-8-23)19-24-9-13-28(51-3)14-10-24)45-36(33(22)39(42,43)44)32-30(40)17-29-35(34(32)41)46-38(52-4)47-37(29)49-20-25-5-6-26(16-25)21-49/h7-15,17,25-26H,5-6,16,18-21H2,1-4H3. The average molecular weight is 752 g/mol. The van der Waals surface area contributed by atoms with Gasteiger partial charge >= 0.3 is 6.18 Å². The molecule has 272 valence electrons. The fraction of sp³-hybridized carbons (Fsp3) is 0.359. The summed E-state index contributed by atoms with van der Waals surface area (Å²) in [5.74, 6) is 2.18. The van der Waals surface area contributed by atoms with Crippen LogP contribution in [-0.2, 0) is 19.3 Å². The molecule has 0 spiro atoms. The van der Waals surface area contributed by atoms with Crippen molar-refractivity contribution in [1.82, 2.24) is 15.0 Å². The quantitative estimate of drug-likeness (QED) is 0.0794. The first-order valence-corrected chi connectivity index (χ1v) is 18.6. The van der Waals surface area contributed by atoms with Crippen molar-refractivity contribution in [3.63, 3.8) is 0 Å². The lowest BCUT2D eigenvalue weighted by Gasteiger charge is -2.33. The highest BCUT2D eigenvalue weighted by Gasteiger charge is 2.40. The van der Waals surface area contributed by atoms with Gasteiger partial charge in [0.1, 0.15) is 28.7 Å². The molecule has 3 aromatic carbocycles. The predicted octanol–water partition coefficient (Wildman–Crippen LogP) is 9.99. The highest BCUT2D eigenvalue weighted by Crippen LogP contribution is 2.46. The van der Waals surface area contributed by atoms with Gasteiger partial charge in [0.05, 0.1) is 36.1 Å². The molecule has 2 unspecified atom stereocenters. The molecule has 2 fully saturated rings. The molecule has 1 aliphatic carbocycles. The van der Waals surface area contributed by atoms with E-state index in [9.17, 15) is 13.2 Å². The Balaban J connectivity index is 1.39. The zero-order valence-corrected chi connectivity index (χ0v) is 30.8. The topological polar surface area (TPSA) is 63.6 Å². The Morgan fingerprint density at radius 2 is 1.46 bits per heavy atom. The number of nitrogens with zero attached hydrogens (tertiary/aromatic N) is 5. The summed E-state index contributed by atoms with van der Waals surface area (Å²) >= 11 is 8.11. The second-order valence-corrected chi connectivity index (χ2v) is 14.7. The van der Waals surface area contributed by atoms with Gasteiger partial charge in [-0.15, -0.1) is 0 Å². The van der Waals surface area contributed by atoms with E-state index in [0.717, 1.165) is 43.5 Å². The highest BCUT2D eigenvalue weighted by molar-refractivity contribution is 7.98. The van der Waals surface area contributed by atoms with E-state index in [1.54, 1.807) is 20.5 Å². The van der Waals surface area contributed by atoms with Gasteiger partial charge < -0.3 is 19.3 Å². The summed E-state index contributed by atoms with van der Waals surface area (Å²) in [7, 11) is 3.15. The van der Waals surface area contributed by atoms with E-state index in [0.29, 0.717) is 39.7 Å². The van der Waals surface area contributed by atoms with Crippen molar-refractivity contribution < 1.29 is 27.0 Å². The number of thioether (sulfide) groups is 1. The van der Waals surface area contributed by atoms with E-state index >= 15 is 4.39 Å². The molecule has 2 aliphatic rings. The van der Waals surface area contributed by atoms with Crippen LogP contribution in [0, 0.1) is 24.6 Å². The Kier molecular flexibility index (Phi) is 10.1. The van der Waals surface area contributed by atoms with Crippen molar-refractivity contribution in [2.45, 2.75) is 50.6 Å². The molecule has 1 saturated heterocycles. The number of halogens is 5. The third-order valence-corrected chi connectivity index (χ3v) is 10.9. The second-order valence-electron chi connectivity index (χ2n) is 13.5. The van der Waals surface area contributed by atoms with Crippen LogP contribution in [0.3, 0.4) is 0 Å². The van der Waals surface area contributed by atoms with E-state index in [-0.39, 0.29) is 35.0 Å². The number of piperidine rings is 1. The number of methoxy groups -OCH3 is 2. The van der Waals surface area contributed by atoms with Gasteiger partial charge in [-0.1, -0.05) is 47.6 Å². The fourth-order valence-electron chi connectivity index (χ4n) is 7.57. The second kappa shape index (κ2) is 14.6. The van der Waals surface area contributed by atoms with Crippen molar-refractivity contribution in [3.05, 3.63) is 93.8 Å². The first-order chi connectivity index (χ1) is 24.9. The Labute approximate surface area is 309 Å². The molecular formula is C39H38ClF4N5O2S. The number of pyridine rings is 1. The Bertz CT molecular complexity index is 2040. The van der Waals surface area contributed by atoms with Crippen LogP contribution in [0.4, 0.5) is 29.2 Å². The number of fused-ring (bicyclic) bond motifs is 3. The Morgan fingerprint density at radius 1 is 0.885 bits per heavy atom. The maximum Gasteiger partial charge on any atom is 0.418 e. The summed E-state index contributed by atoms with van der Waals surface area (Å²) in [6.07, 6.45) is 0.350. The Morgan fingerprint density at radius 3 is 1.98 bits per heavy atom. The third kappa shape index (κ3) is 7.19. The van der Waals surface area contributed by atoms with Crippen LogP contribution >= 0.6 is 23.4 Å². The number of anilines is 2. The van der Waals surface area contributed by atoms with E-state index in [4.69, 9.17) is 26.1 Å². The molecule has 0 N–H and O–H groups in total. The highest BCUT2D eigenvalue weighted by atomic mass is 35.5. The molecule has 1 aliphatic heterocycles. The van der Waals surface area contributed by atoms with Crippen LogP contribution < -0.4 is 19.3 Å². The average Bonchev–Trinajstić information content (AvgIpc) is 3.47. The maximum absolute atomic E-state index is 17.1. The van der Waals surface area contributed by atoms with Gasteiger partial charge in [0, 0.05) is 31.6 Å². The van der Waals surface area contributed by atoms with Crippen molar-refractivity contribution in [3.8, 4) is 22.8 Å². The summed E-state index contributed by atoms with van der Waals surface area (Å²) in [5, 5.41) is 0.497. The number of rotatable bonds is 10. The van der Waals surface area contributed by atoms with E-state index in [2.05, 4.69) is 14.9 Å². The van der Waals surface area contributed by atoms with Crippen molar-refractivity contribution in [1.29, 1.82) is 0 Å². The lowest BCUT2D eigenvalue weighted by molar-refractivity contribution is -0.137. The van der Waals surface area contributed by atoms with Crippen molar-refractivity contribution in [2.24, 2.45) is 11.8 Å². The minimum absolute atomic E-state index is 0.0852. The Hall–Kier alpha value is -4.29. The summed E-state index contributed by atoms with van der Waals surface area (Å²) in [4.78, 5) is 17.9. The smallest absolute Gasteiger partial charge is 0.418 e. The van der Waals surface area contributed by atoms with Crippen LogP contribution in [-0.4, -0.2) is 48.5 Å². The molecule has 2 atom stereocenters. The van der Waals surface area contributed by atoms with Gasteiger partial charge in [-0.25, -0.2) is 19.3 Å². The van der Waals surface area contributed by atoms with Crippen molar-refractivity contribution >= 4 is 45.9 Å². The summed E-state index contributed by atoms with van der Waals surface area (Å²) in [6, 6.07) is 17.7. The molecule has 13 heteroatoms. The van der Waals surface area contributed by atoms with E-state index < -0.39 is 28.8 Å². The molecule has 5 aromatic rings. The minimum atomic E-state index is -4.86. The number of aryl methyl sites for hydroxylation is 1. The van der Waals surface area contributed by atoms with Crippen molar-refractivity contribution in [2.75, 3.05) is 43.4 Å². The van der Waals surface area contributed by atoms with E-state index in [1.807, 2.05) is 53.4 Å². The summed E-state index contributed by atoms with van der Waals surface area (Å²) < 4.78 is 72.6. The molecule has 0 amide bonds. The predicted molar refractivity (Wildman–Crippen MR) is 198 cm³/mol. The minimum Gasteiger partial charge on any atom is -0.497 e. The molecule has 2 aromatic heterocycles. The molecule has 7 rings (SSSR count). The lowest BCUT2D eigenvalue weighted by atomic mass is 9.97. The normalized spacial score (nSPS) is 17.1. The SMILES string of the molecule is COc1ccc(CN(Cc2ccc(OC)cc2)c2cc(C)c(C(F)(F)F)c(-c3c(Cl)cc4c(N5CC6CCC(C6)C5)nc(SC)nc4c3F)n2)cc1. The molecular weight excluding hydrogens is 714 g/mol. The van der Waals surface area contributed by atoms with Gasteiger partial charge in [0.2, 0.25) is 0 Å². The van der Waals surface area contributed by atoms with Crippen LogP contribution in [0.25, 0.3) is 22.2 Å². The van der Waals surface area contributed by atoms with E-state index in [1.165, 1.54) is 30.8 Å². The monoisotopic (exact) mass is 751 g/mol. The zero-order chi connectivity index (χ0) is 36.7. The van der Waals surface area contributed by atoms with Gasteiger partial charge in [-0.05, 0) is 97.4 Å². The number of alkyl halides is 3. The van der Waals surface area contributed by atoms with Gasteiger partial charge in [0.25, 0.3) is 0 Å². The number of ether oxygens (including phenoxy) is 2.